The third kappa shape index (κ3) is 2.51. The van der Waals surface area contributed by atoms with E-state index in [4.69, 9.17) is 15.9 Å². The standard InChI is InChI=1S/C13H15N3OS/c1-3-17-10-6-4-9(5-7-10)13-16-8(2)11(18-13)12(14)15/h4-7H,3H2,1-2H3,(H3,14,15). The fourth-order valence-electron chi connectivity index (χ4n) is 1.63. The van der Waals surface area contributed by atoms with Gasteiger partial charge in [0.25, 0.3) is 0 Å². The molecule has 0 aliphatic rings. The number of rotatable bonds is 4. The number of ether oxygens (including phenoxy) is 1. The van der Waals surface area contributed by atoms with Crippen molar-refractivity contribution in [2.45, 2.75) is 13.8 Å². The summed E-state index contributed by atoms with van der Waals surface area (Å²) in [6.07, 6.45) is 0. The lowest BCUT2D eigenvalue weighted by Gasteiger charge is -2.02. The highest BCUT2D eigenvalue weighted by molar-refractivity contribution is 7.17. The highest BCUT2D eigenvalue weighted by Crippen LogP contribution is 2.28. The number of aromatic nitrogens is 1. The topological polar surface area (TPSA) is 72.0 Å². The Morgan fingerprint density at radius 2 is 2.06 bits per heavy atom. The maximum absolute atomic E-state index is 7.47. The van der Waals surface area contributed by atoms with E-state index in [1.54, 1.807) is 0 Å². The maximum atomic E-state index is 7.47. The normalized spacial score (nSPS) is 10.3. The van der Waals surface area contributed by atoms with E-state index < -0.39 is 0 Å². The van der Waals surface area contributed by atoms with Crippen molar-refractivity contribution < 1.29 is 4.74 Å². The Morgan fingerprint density at radius 3 is 2.56 bits per heavy atom. The quantitative estimate of drug-likeness (QED) is 0.656. The van der Waals surface area contributed by atoms with Crippen LogP contribution in [0.1, 0.15) is 17.5 Å². The zero-order valence-electron chi connectivity index (χ0n) is 10.4. The minimum absolute atomic E-state index is 0.0715. The highest BCUT2D eigenvalue weighted by Gasteiger charge is 2.11. The van der Waals surface area contributed by atoms with Crippen LogP contribution >= 0.6 is 11.3 Å². The third-order valence-electron chi connectivity index (χ3n) is 2.45. The monoisotopic (exact) mass is 261 g/mol. The molecule has 2 rings (SSSR count). The number of benzene rings is 1. The van der Waals surface area contributed by atoms with Crippen molar-refractivity contribution in [3.8, 4) is 16.3 Å². The molecule has 0 unspecified atom stereocenters. The van der Waals surface area contributed by atoms with E-state index >= 15 is 0 Å². The van der Waals surface area contributed by atoms with E-state index in [-0.39, 0.29) is 5.84 Å². The first kappa shape index (κ1) is 12.6. The van der Waals surface area contributed by atoms with Crippen LogP contribution in [0.25, 0.3) is 10.6 Å². The molecule has 0 saturated heterocycles. The molecule has 1 aromatic carbocycles. The smallest absolute Gasteiger partial charge is 0.135 e. The van der Waals surface area contributed by atoms with Crippen LogP contribution in [0.2, 0.25) is 0 Å². The summed E-state index contributed by atoms with van der Waals surface area (Å²) in [7, 11) is 0. The van der Waals surface area contributed by atoms with Gasteiger partial charge in [-0.3, -0.25) is 5.41 Å². The van der Waals surface area contributed by atoms with Crippen LogP contribution in [-0.2, 0) is 0 Å². The molecule has 1 heterocycles. The summed E-state index contributed by atoms with van der Waals surface area (Å²) in [5, 5.41) is 8.34. The van der Waals surface area contributed by atoms with Gasteiger partial charge < -0.3 is 10.5 Å². The zero-order valence-corrected chi connectivity index (χ0v) is 11.2. The molecule has 0 aliphatic carbocycles. The highest BCUT2D eigenvalue weighted by atomic mass is 32.1. The Kier molecular flexibility index (Phi) is 3.62. The number of thiazole rings is 1. The van der Waals surface area contributed by atoms with E-state index in [1.807, 2.05) is 38.1 Å². The van der Waals surface area contributed by atoms with E-state index in [0.29, 0.717) is 6.61 Å². The predicted octanol–water partition coefficient (Wildman–Crippen LogP) is 2.80. The zero-order chi connectivity index (χ0) is 13.1. The van der Waals surface area contributed by atoms with Crippen LogP contribution in [0.4, 0.5) is 0 Å². The van der Waals surface area contributed by atoms with Gasteiger partial charge in [0, 0.05) is 5.56 Å². The SMILES string of the molecule is CCOc1ccc(-c2nc(C)c(C(=N)N)s2)cc1. The van der Waals surface area contributed by atoms with Crippen molar-refractivity contribution >= 4 is 17.2 Å². The molecule has 18 heavy (non-hydrogen) atoms. The second kappa shape index (κ2) is 5.18. The summed E-state index contributed by atoms with van der Waals surface area (Å²) >= 11 is 1.44. The van der Waals surface area contributed by atoms with Crippen molar-refractivity contribution in [3.63, 3.8) is 0 Å². The first-order valence-electron chi connectivity index (χ1n) is 5.67. The molecule has 94 valence electrons. The van der Waals surface area contributed by atoms with Gasteiger partial charge in [-0.05, 0) is 38.1 Å². The average molecular weight is 261 g/mol. The molecule has 2 aromatic rings. The first-order valence-corrected chi connectivity index (χ1v) is 6.48. The van der Waals surface area contributed by atoms with Crippen LogP contribution < -0.4 is 10.5 Å². The molecular weight excluding hydrogens is 246 g/mol. The van der Waals surface area contributed by atoms with Gasteiger partial charge >= 0.3 is 0 Å². The van der Waals surface area contributed by atoms with E-state index in [9.17, 15) is 0 Å². The summed E-state index contributed by atoms with van der Waals surface area (Å²) in [6.45, 7) is 4.48. The maximum Gasteiger partial charge on any atom is 0.135 e. The van der Waals surface area contributed by atoms with Crippen LogP contribution in [0.5, 0.6) is 5.75 Å². The molecule has 0 aliphatic heterocycles. The van der Waals surface area contributed by atoms with Crippen LogP contribution in [-0.4, -0.2) is 17.4 Å². The molecule has 0 fully saturated rings. The Labute approximate surface area is 110 Å². The van der Waals surface area contributed by atoms with E-state index in [0.717, 1.165) is 26.9 Å². The number of nitrogens with zero attached hydrogens (tertiary/aromatic N) is 1. The second-order valence-corrected chi connectivity index (χ2v) is 4.80. The summed E-state index contributed by atoms with van der Waals surface area (Å²) < 4.78 is 5.39. The molecular formula is C13H15N3OS. The molecule has 3 N–H and O–H groups in total. The Hall–Kier alpha value is -1.88. The third-order valence-corrected chi connectivity index (χ3v) is 3.69. The van der Waals surface area contributed by atoms with Gasteiger partial charge in [0.05, 0.1) is 17.2 Å². The molecule has 5 heteroatoms. The van der Waals surface area contributed by atoms with Gasteiger partial charge in [-0.25, -0.2) is 4.98 Å². The van der Waals surface area contributed by atoms with Gasteiger partial charge in [0.1, 0.15) is 16.6 Å². The Balaban J connectivity index is 2.31. The lowest BCUT2D eigenvalue weighted by atomic mass is 10.2. The number of nitrogen functional groups attached to an aromatic ring is 1. The molecule has 0 spiro atoms. The van der Waals surface area contributed by atoms with Crippen molar-refractivity contribution in [3.05, 3.63) is 34.8 Å². The van der Waals surface area contributed by atoms with Gasteiger partial charge in [0.2, 0.25) is 0 Å². The Bertz CT molecular complexity index is 560. The van der Waals surface area contributed by atoms with E-state index in [1.165, 1.54) is 11.3 Å². The lowest BCUT2D eigenvalue weighted by Crippen LogP contribution is -2.10. The minimum Gasteiger partial charge on any atom is -0.494 e. The summed E-state index contributed by atoms with van der Waals surface area (Å²) in [5.41, 5.74) is 7.32. The second-order valence-electron chi connectivity index (χ2n) is 3.80. The number of amidine groups is 1. The molecule has 0 atom stereocenters. The van der Waals surface area contributed by atoms with Gasteiger partial charge in [0.15, 0.2) is 0 Å². The van der Waals surface area contributed by atoms with Gasteiger partial charge in [-0.15, -0.1) is 11.3 Å². The van der Waals surface area contributed by atoms with Gasteiger partial charge in [-0.2, -0.15) is 0 Å². The molecule has 0 saturated carbocycles. The molecule has 4 nitrogen and oxygen atoms in total. The Morgan fingerprint density at radius 1 is 1.39 bits per heavy atom. The molecule has 0 radical (unpaired) electrons. The number of nitrogens with one attached hydrogen (secondary N) is 1. The first-order chi connectivity index (χ1) is 8.61. The number of aryl methyl sites for hydroxylation is 1. The summed E-state index contributed by atoms with van der Waals surface area (Å²) in [5.74, 6) is 0.920. The van der Waals surface area contributed by atoms with Crippen molar-refractivity contribution in [2.75, 3.05) is 6.61 Å². The van der Waals surface area contributed by atoms with Gasteiger partial charge in [-0.1, -0.05) is 0 Å². The lowest BCUT2D eigenvalue weighted by molar-refractivity contribution is 0.340. The summed E-state index contributed by atoms with van der Waals surface area (Å²) in [4.78, 5) is 5.17. The fraction of sp³-hybridized carbons (Fsp3) is 0.231. The number of hydrogen-bond donors (Lipinski definition) is 2. The van der Waals surface area contributed by atoms with Crippen molar-refractivity contribution in [1.82, 2.24) is 4.98 Å². The van der Waals surface area contributed by atoms with Crippen molar-refractivity contribution in [1.29, 1.82) is 5.41 Å². The number of hydrogen-bond acceptors (Lipinski definition) is 4. The average Bonchev–Trinajstić information content (AvgIpc) is 2.73. The molecule has 0 amide bonds. The predicted molar refractivity (Wildman–Crippen MR) is 74.5 cm³/mol. The number of nitrogens with two attached hydrogens (primary N) is 1. The molecule has 1 aromatic heterocycles. The van der Waals surface area contributed by atoms with Crippen LogP contribution in [0.15, 0.2) is 24.3 Å². The fourth-order valence-corrected chi connectivity index (χ4v) is 2.56. The minimum atomic E-state index is 0.0715. The van der Waals surface area contributed by atoms with Crippen LogP contribution in [0.3, 0.4) is 0 Å². The van der Waals surface area contributed by atoms with E-state index in [2.05, 4.69) is 4.98 Å². The van der Waals surface area contributed by atoms with Crippen molar-refractivity contribution in [2.24, 2.45) is 5.73 Å². The molecule has 0 bridgehead atoms. The van der Waals surface area contributed by atoms with Crippen LogP contribution in [0, 0.1) is 12.3 Å². The summed E-state index contributed by atoms with van der Waals surface area (Å²) in [6, 6.07) is 7.77. The largest absolute Gasteiger partial charge is 0.494 e.